The summed E-state index contributed by atoms with van der Waals surface area (Å²) < 4.78 is 27.1. The van der Waals surface area contributed by atoms with Crippen LogP contribution in [0.15, 0.2) is 47.4 Å². The molecule has 0 spiro atoms. The lowest BCUT2D eigenvalue weighted by Gasteiger charge is -2.16. The van der Waals surface area contributed by atoms with Crippen molar-refractivity contribution in [2.75, 3.05) is 12.4 Å². The van der Waals surface area contributed by atoms with E-state index in [0.717, 1.165) is 12.8 Å². The minimum atomic E-state index is -3.57. The van der Waals surface area contributed by atoms with Gasteiger partial charge in [0.2, 0.25) is 10.0 Å². The van der Waals surface area contributed by atoms with Crippen LogP contribution in [0.4, 0.5) is 10.8 Å². The highest BCUT2D eigenvalue weighted by atomic mass is 32.2. The first-order valence-corrected chi connectivity index (χ1v) is 11.0. The fourth-order valence-electron chi connectivity index (χ4n) is 2.83. The van der Waals surface area contributed by atoms with Gasteiger partial charge in [0.1, 0.15) is 0 Å². The third-order valence-corrected chi connectivity index (χ3v) is 7.53. The van der Waals surface area contributed by atoms with Crippen LogP contribution in [0.25, 0.3) is 10.2 Å². The topological polar surface area (TPSA) is 123 Å². The van der Waals surface area contributed by atoms with E-state index in [-0.39, 0.29) is 22.2 Å². The highest BCUT2D eigenvalue weighted by molar-refractivity contribution is 7.89. The molecule has 1 amide bonds. The first-order chi connectivity index (χ1) is 13.8. The Labute approximate surface area is 170 Å². The van der Waals surface area contributed by atoms with Gasteiger partial charge >= 0.3 is 0 Å². The van der Waals surface area contributed by atoms with Crippen molar-refractivity contribution in [2.24, 2.45) is 0 Å². The van der Waals surface area contributed by atoms with Crippen molar-refractivity contribution in [3.05, 3.63) is 58.1 Å². The minimum Gasteiger partial charge on any atom is -0.298 e. The molecule has 1 aliphatic rings. The van der Waals surface area contributed by atoms with Crippen molar-refractivity contribution in [3.63, 3.8) is 0 Å². The van der Waals surface area contributed by atoms with E-state index in [2.05, 4.69) is 10.3 Å². The van der Waals surface area contributed by atoms with Gasteiger partial charge in [-0.2, -0.15) is 4.31 Å². The molecule has 0 atom stereocenters. The maximum Gasteiger partial charge on any atom is 0.271 e. The predicted octanol–water partition coefficient (Wildman–Crippen LogP) is 3.24. The van der Waals surface area contributed by atoms with Gasteiger partial charge in [-0.3, -0.25) is 20.2 Å². The quantitative estimate of drug-likeness (QED) is 0.471. The van der Waals surface area contributed by atoms with Gasteiger partial charge in [0.15, 0.2) is 5.13 Å². The summed E-state index contributed by atoms with van der Waals surface area (Å²) in [4.78, 5) is 27.2. The number of fused-ring (bicyclic) bond motifs is 1. The molecule has 0 radical (unpaired) electrons. The van der Waals surface area contributed by atoms with Gasteiger partial charge in [0.25, 0.3) is 11.6 Å². The van der Waals surface area contributed by atoms with Crippen LogP contribution in [0.1, 0.15) is 23.2 Å². The standard InChI is InChI=1S/C18H16N4O5S2/c1-21(12-4-5-12)29(26,27)14-7-2-11(3-8-14)17(23)20-18-19-15-10-13(22(24)25)6-9-16(15)28-18/h2-3,6-10,12H,4-5H2,1H3,(H,19,20,23). The minimum absolute atomic E-state index is 0.0536. The molecular formula is C18H16N4O5S2. The van der Waals surface area contributed by atoms with Crippen LogP contribution < -0.4 is 5.32 Å². The molecule has 4 rings (SSSR count). The highest BCUT2D eigenvalue weighted by Crippen LogP contribution is 2.31. The van der Waals surface area contributed by atoms with E-state index in [9.17, 15) is 23.3 Å². The molecule has 1 aromatic heterocycles. The summed E-state index contributed by atoms with van der Waals surface area (Å²) in [6.07, 6.45) is 1.73. The lowest BCUT2D eigenvalue weighted by Crippen LogP contribution is -2.29. The number of thiazole rings is 1. The zero-order chi connectivity index (χ0) is 20.8. The molecule has 1 fully saturated rings. The number of hydrogen-bond acceptors (Lipinski definition) is 7. The van der Waals surface area contributed by atoms with Crippen molar-refractivity contribution in [3.8, 4) is 0 Å². The molecule has 0 bridgehead atoms. The fraction of sp³-hybridized carbons (Fsp3) is 0.222. The first kappa shape index (κ1) is 19.4. The fourth-order valence-corrected chi connectivity index (χ4v) is 5.09. The Kier molecular flexibility index (Phi) is 4.81. The lowest BCUT2D eigenvalue weighted by atomic mass is 10.2. The van der Waals surface area contributed by atoms with E-state index in [1.165, 1.54) is 52.0 Å². The Balaban J connectivity index is 1.51. The van der Waals surface area contributed by atoms with Crippen LogP contribution in [-0.2, 0) is 10.0 Å². The van der Waals surface area contributed by atoms with Gasteiger partial charge in [-0.1, -0.05) is 11.3 Å². The molecule has 11 heteroatoms. The van der Waals surface area contributed by atoms with Gasteiger partial charge < -0.3 is 0 Å². The maximum absolute atomic E-state index is 12.5. The average molecular weight is 432 g/mol. The summed E-state index contributed by atoms with van der Waals surface area (Å²) >= 11 is 1.19. The van der Waals surface area contributed by atoms with Crippen LogP contribution in [0.3, 0.4) is 0 Å². The Bertz CT molecular complexity index is 1220. The molecule has 1 aliphatic carbocycles. The van der Waals surface area contributed by atoms with Crippen molar-refractivity contribution in [2.45, 2.75) is 23.8 Å². The number of aromatic nitrogens is 1. The SMILES string of the molecule is CN(C1CC1)S(=O)(=O)c1ccc(C(=O)Nc2nc3cc([N+](=O)[O-])ccc3s2)cc1. The number of carbonyl (C=O) groups excluding carboxylic acids is 1. The molecule has 9 nitrogen and oxygen atoms in total. The molecule has 1 heterocycles. The first-order valence-electron chi connectivity index (χ1n) is 8.70. The molecule has 0 saturated heterocycles. The van der Waals surface area contributed by atoms with E-state index >= 15 is 0 Å². The van der Waals surface area contributed by atoms with E-state index in [1.54, 1.807) is 13.1 Å². The highest BCUT2D eigenvalue weighted by Gasteiger charge is 2.35. The predicted molar refractivity (Wildman–Crippen MR) is 109 cm³/mol. The summed E-state index contributed by atoms with van der Waals surface area (Å²) in [7, 11) is -2.01. The second-order valence-electron chi connectivity index (χ2n) is 6.66. The number of carbonyl (C=O) groups is 1. The van der Waals surface area contributed by atoms with Gasteiger partial charge in [0, 0.05) is 30.8 Å². The van der Waals surface area contributed by atoms with Crippen LogP contribution in [-0.4, -0.2) is 41.6 Å². The number of nitrogens with zero attached hydrogens (tertiary/aromatic N) is 3. The number of benzene rings is 2. The molecule has 1 N–H and O–H groups in total. The Hall–Kier alpha value is -2.89. The molecule has 150 valence electrons. The largest absolute Gasteiger partial charge is 0.298 e. The van der Waals surface area contributed by atoms with Crippen LogP contribution in [0, 0.1) is 10.1 Å². The van der Waals surface area contributed by atoms with Gasteiger partial charge in [0.05, 0.1) is 20.0 Å². The number of nitro benzene ring substituents is 1. The van der Waals surface area contributed by atoms with E-state index in [0.29, 0.717) is 15.3 Å². The van der Waals surface area contributed by atoms with Gasteiger partial charge in [-0.05, 0) is 43.2 Å². The Morgan fingerprint density at radius 2 is 1.93 bits per heavy atom. The Morgan fingerprint density at radius 1 is 1.24 bits per heavy atom. The molecular weight excluding hydrogens is 416 g/mol. The van der Waals surface area contributed by atoms with Gasteiger partial charge in [-0.15, -0.1) is 0 Å². The number of non-ortho nitro benzene ring substituents is 1. The molecule has 2 aromatic carbocycles. The average Bonchev–Trinajstić information content (AvgIpc) is 3.46. The Morgan fingerprint density at radius 3 is 2.55 bits per heavy atom. The zero-order valence-corrected chi connectivity index (χ0v) is 16.9. The second-order valence-corrected chi connectivity index (χ2v) is 9.69. The third kappa shape index (κ3) is 3.84. The maximum atomic E-state index is 12.5. The third-order valence-electron chi connectivity index (χ3n) is 4.66. The normalized spacial score (nSPS) is 14.3. The molecule has 0 aliphatic heterocycles. The van der Waals surface area contributed by atoms with Gasteiger partial charge in [-0.25, -0.2) is 13.4 Å². The van der Waals surface area contributed by atoms with Crippen molar-refractivity contribution in [1.82, 2.24) is 9.29 Å². The molecule has 29 heavy (non-hydrogen) atoms. The number of nitro groups is 1. The molecule has 1 saturated carbocycles. The molecule has 0 unspecified atom stereocenters. The number of hydrogen-bond donors (Lipinski definition) is 1. The van der Waals surface area contributed by atoms with Crippen LogP contribution in [0.5, 0.6) is 0 Å². The summed E-state index contributed by atoms with van der Waals surface area (Å²) in [5.74, 6) is -0.446. The van der Waals surface area contributed by atoms with Crippen LogP contribution >= 0.6 is 11.3 Å². The number of nitrogens with one attached hydrogen (secondary N) is 1. The number of rotatable bonds is 6. The van der Waals surface area contributed by atoms with E-state index in [4.69, 9.17) is 0 Å². The van der Waals surface area contributed by atoms with Crippen molar-refractivity contribution in [1.29, 1.82) is 0 Å². The summed E-state index contributed by atoms with van der Waals surface area (Å²) in [5, 5.41) is 13.8. The monoisotopic (exact) mass is 432 g/mol. The smallest absolute Gasteiger partial charge is 0.271 e. The van der Waals surface area contributed by atoms with E-state index < -0.39 is 20.9 Å². The number of sulfonamides is 1. The lowest BCUT2D eigenvalue weighted by molar-refractivity contribution is -0.384. The number of amides is 1. The van der Waals surface area contributed by atoms with Crippen molar-refractivity contribution < 1.29 is 18.1 Å². The summed E-state index contributed by atoms with van der Waals surface area (Å²) in [6.45, 7) is 0. The van der Waals surface area contributed by atoms with Crippen LogP contribution in [0.2, 0.25) is 0 Å². The van der Waals surface area contributed by atoms with Crippen molar-refractivity contribution >= 4 is 48.3 Å². The van der Waals surface area contributed by atoms with E-state index in [1.807, 2.05) is 0 Å². The summed E-state index contributed by atoms with van der Waals surface area (Å²) in [6, 6.07) is 10.1. The zero-order valence-electron chi connectivity index (χ0n) is 15.2. The second kappa shape index (κ2) is 7.17. The summed E-state index contributed by atoms with van der Waals surface area (Å²) in [5.41, 5.74) is 0.626. The molecule has 3 aromatic rings. The number of anilines is 1.